The minimum absolute atomic E-state index is 0.251. The van der Waals surface area contributed by atoms with E-state index in [1.54, 1.807) is 0 Å². The van der Waals surface area contributed by atoms with Gasteiger partial charge in [-0.05, 0) is 28.9 Å². The first-order chi connectivity index (χ1) is 8.78. The number of nitrogens with one attached hydrogen (secondary N) is 1. The fourth-order valence-electron chi connectivity index (χ4n) is 2.05. The lowest BCUT2D eigenvalue weighted by Gasteiger charge is -2.20. The quantitative estimate of drug-likeness (QED) is 0.822. The fraction of sp³-hybridized carbons (Fsp3) is 0.647. The van der Waals surface area contributed by atoms with Crippen molar-refractivity contribution in [3.8, 4) is 0 Å². The zero-order chi connectivity index (χ0) is 14.5. The molecule has 0 amide bonds. The van der Waals surface area contributed by atoms with Crippen molar-refractivity contribution in [2.24, 2.45) is 11.3 Å². The first-order valence-corrected chi connectivity index (χ1v) is 7.25. The van der Waals surface area contributed by atoms with Crippen LogP contribution in [0.1, 0.15) is 51.8 Å². The van der Waals surface area contributed by atoms with Crippen LogP contribution in [-0.4, -0.2) is 18.2 Å². The predicted molar refractivity (Wildman–Crippen MR) is 82.3 cm³/mol. The Morgan fingerprint density at radius 3 is 2.16 bits per heavy atom. The van der Waals surface area contributed by atoms with Crippen LogP contribution in [0.25, 0.3) is 0 Å². The summed E-state index contributed by atoms with van der Waals surface area (Å²) in [6, 6.07) is 8.34. The van der Waals surface area contributed by atoms with Crippen LogP contribution in [0.15, 0.2) is 24.3 Å². The first kappa shape index (κ1) is 16.2. The summed E-state index contributed by atoms with van der Waals surface area (Å²) in [6.07, 6.45) is 0.675. The van der Waals surface area contributed by atoms with Crippen molar-refractivity contribution in [1.82, 2.24) is 5.32 Å². The van der Waals surface area contributed by atoms with E-state index in [4.69, 9.17) is 0 Å². The largest absolute Gasteiger partial charge is 0.387 e. The van der Waals surface area contributed by atoms with Gasteiger partial charge in [-0.1, -0.05) is 58.9 Å². The van der Waals surface area contributed by atoms with E-state index in [1.807, 2.05) is 12.1 Å². The molecule has 0 aromatic heterocycles. The van der Waals surface area contributed by atoms with Gasteiger partial charge in [0.05, 0.1) is 6.10 Å². The number of aliphatic hydroxyl groups is 1. The minimum atomic E-state index is -0.421. The second-order valence-electron chi connectivity index (χ2n) is 7.05. The molecule has 0 radical (unpaired) electrons. The summed E-state index contributed by atoms with van der Waals surface area (Å²) in [5.74, 6) is 0.671. The van der Waals surface area contributed by atoms with Gasteiger partial charge in [0, 0.05) is 13.1 Å². The summed E-state index contributed by atoms with van der Waals surface area (Å²) in [5, 5.41) is 13.4. The maximum absolute atomic E-state index is 10.1. The summed E-state index contributed by atoms with van der Waals surface area (Å²) in [6.45, 7) is 12.5. The molecule has 0 spiro atoms. The molecule has 0 saturated heterocycles. The van der Waals surface area contributed by atoms with Crippen molar-refractivity contribution >= 4 is 0 Å². The molecule has 1 aromatic carbocycles. The molecule has 0 heterocycles. The Morgan fingerprint density at radius 1 is 1.11 bits per heavy atom. The van der Waals surface area contributed by atoms with Gasteiger partial charge in [0.25, 0.3) is 0 Å². The number of benzene rings is 1. The molecule has 2 nitrogen and oxygen atoms in total. The van der Waals surface area contributed by atoms with Gasteiger partial charge in [-0.25, -0.2) is 0 Å². The molecule has 0 aliphatic rings. The zero-order valence-corrected chi connectivity index (χ0v) is 13.0. The lowest BCUT2D eigenvalue weighted by Crippen LogP contribution is -2.30. The maximum Gasteiger partial charge on any atom is 0.0914 e. The third-order valence-electron chi connectivity index (χ3n) is 3.00. The third-order valence-corrected chi connectivity index (χ3v) is 3.00. The van der Waals surface area contributed by atoms with E-state index in [0.717, 1.165) is 18.5 Å². The van der Waals surface area contributed by atoms with Crippen LogP contribution >= 0.6 is 0 Å². The SMILES string of the molecule is CC(C)Cc1ccc(C(O)CNCC(C)(C)C)cc1. The topological polar surface area (TPSA) is 32.3 Å². The molecule has 1 unspecified atom stereocenters. The standard InChI is InChI=1S/C17H29NO/c1-13(2)10-14-6-8-15(9-7-14)16(19)11-18-12-17(3,4)5/h6-9,13,16,18-19H,10-12H2,1-5H3. The highest BCUT2D eigenvalue weighted by molar-refractivity contribution is 5.24. The lowest BCUT2D eigenvalue weighted by atomic mass is 9.96. The number of aliphatic hydroxyl groups excluding tert-OH is 1. The summed E-state index contributed by atoms with van der Waals surface area (Å²) < 4.78 is 0. The monoisotopic (exact) mass is 263 g/mol. The van der Waals surface area contributed by atoms with Crippen molar-refractivity contribution < 1.29 is 5.11 Å². The Bertz CT molecular complexity index is 362. The summed E-state index contributed by atoms with van der Waals surface area (Å²) >= 11 is 0. The van der Waals surface area contributed by atoms with E-state index in [1.165, 1.54) is 5.56 Å². The summed E-state index contributed by atoms with van der Waals surface area (Å²) in [5.41, 5.74) is 2.59. The van der Waals surface area contributed by atoms with E-state index in [9.17, 15) is 5.11 Å². The average Bonchev–Trinajstić information content (AvgIpc) is 2.27. The molecule has 2 N–H and O–H groups in total. The van der Waals surface area contributed by atoms with Crippen LogP contribution in [0.3, 0.4) is 0 Å². The molecule has 0 aliphatic carbocycles. The Morgan fingerprint density at radius 2 is 1.68 bits per heavy atom. The molecular weight excluding hydrogens is 234 g/mol. The van der Waals surface area contributed by atoms with Gasteiger partial charge < -0.3 is 10.4 Å². The molecule has 1 atom stereocenters. The molecule has 0 fully saturated rings. The molecule has 19 heavy (non-hydrogen) atoms. The lowest BCUT2D eigenvalue weighted by molar-refractivity contribution is 0.170. The van der Waals surface area contributed by atoms with Gasteiger partial charge in [-0.3, -0.25) is 0 Å². The molecule has 108 valence electrons. The molecule has 1 rings (SSSR count). The van der Waals surface area contributed by atoms with E-state index < -0.39 is 6.10 Å². The van der Waals surface area contributed by atoms with Crippen molar-refractivity contribution in [2.45, 2.75) is 47.1 Å². The van der Waals surface area contributed by atoms with Crippen LogP contribution in [-0.2, 0) is 6.42 Å². The highest BCUT2D eigenvalue weighted by Crippen LogP contribution is 2.16. The first-order valence-electron chi connectivity index (χ1n) is 7.25. The summed E-state index contributed by atoms with van der Waals surface area (Å²) in [7, 11) is 0. The molecule has 0 aliphatic heterocycles. The van der Waals surface area contributed by atoms with Crippen LogP contribution in [0.2, 0.25) is 0 Å². The van der Waals surface area contributed by atoms with Crippen LogP contribution < -0.4 is 5.32 Å². The van der Waals surface area contributed by atoms with Crippen molar-refractivity contribution in [2.75, 3.05) is 13.1 Å². The summed E-state index contributed by atoms with van der Waals surface area (Å²) in [4.78, 5) is 0. The smallest absolute Gasteiger partial charge is 0.0914 e. The van der Waals surface area contributed by atoms with Gasteiger partial charge in [0.2, 0.25) is 0 Å². The second kappa shape index (κ2) is 7.06. The van der Waals surface area contributed by atoms with Gasteiger partial charge in [0.1, 0.15) is 0 Å². The van der Waals surface area contributed by atoms with Gasteiger partial charge in [-0.15, -0.1) is 0 Å². The molecule has 0 saturated carbocycles. The van der Waals surface area contributed by atoms with Gasteiger partial charge in [-0.2, -0.15) is 0 Å². The molecular formula is C17H29NO. The molecule has 1 aromatic rings. The van der Waals surface area contributed by atoms with E-state index in [-0.39, 0.29) is 5.41 Å². The average molecular weight is 263 g/mol. The van der Waals surface area contributed by atoms with E-state index >= 15 is 0 Å². The normalized spacial score (nSPS) is 13.8. The minimum Gasteiger partial charge on any atom is -0.387 e. The van der Waals surface area contributed by atoms with Gasteiger partial charge in [0.15, 0.2) is 0 Å². The predicted octanol–water partition coefficient (Wildman–Crippen LogP) is 3.55. The maximum atomic E-state index is 10.1. The van der Waals surface area contributed by atoms with Crippen molar-refractivity contribution in [1.29, 1.82) is 0 Å². The van der Waals surface area contributed by atoms with Crippen LogP contribution in [0, 0.1) is 11.3 Å². The Balaban J connectivity index is 2.46. The highest BCUT2D eigenvalue weighted by Gasteiger charge is 2.12. The van der Waals surface area contributed by atoms with Crippen molar-refractivity contribution in [3.63, 3.8) is 0 Å². The second-order valence-corrected chi connectivity index (χ2v) is 7.05. The Labute approximate surface area is 118 Å². The molecule has 2 heteroatoms. The van der Waals surface area contributed by atoms with E-state index in [0.29, 0.717) is 12.5 Å². The van der Waals surface area contributed by atoms with Crippen LogP contribution in [0.4, 0.5) is 0 Å². The van der Waals surface area contributed by atoms with Crippen molar-refractivity contribution in [3.05, 3.63) is 35.4 Å². The number of rotatable bonds is 6. The zero-order valence-electron chi connectivity index (χ0n) is 13.0. The van der Waals surface area contributed by atoms with E-state index in [2.05, 4.69) is 52.1 Å². The fourth-order valence-corrected chi connectivity index (χ4v) is 2.05. The highest BCUT2D eigenvalue weighted by atomic mass is 16.3. The third kappa shape index (κ3) is 6.74. The number of hydrogen-bond acceptors (Lipinski definition) is 2. The van der Waals surface area contributed by atoms with Crippen LogP contribution in [0.5, 0.6) is 0 Å². The molecule has 0 bridgehead atoms. The Kier molecular flexibility index (Phi) is 6.02. The number of hydrogen-bond donors (Lipinski definition) is 2. The Hall–Kier alpha value is -0.860. The van der Waals surface area contributed by atoms with Gasteiger partial charge >= 0.3 is 0 Å².